The summed E-state index contributed by atoms with van der Waals surface area (Å²) in [6, 6.07) is 16.6. The van der Waals surface area contributed by atoms with E-state index in [0.29, 0.717) is 6.54 Å². The zero-order valence-corrected chi connectivity index (χ0v) is 15.6. The number of rotatable bonds is 7. The number of aromatic nitrogens is 1. The number of carbonyl (C=O) groups excluding carboxylic acids is 1. The first-order valence-electron chi connectivity index (χ1n) is 9.10. The van der Waals surface area contributed by atoms with E-state index in [1.54, 1.807) is 6.07 Å². The Bertz CT molecular complexity index is 975. The highest BCUT2D eigenvalue weighted by Gasteiger charge is 2.08. The number of amides is 1. The van der Waals surface area contributed by atoms with Gasteiger partial charge in [-0.25, -0.2) is 0 Å². The van der Waals surface area contributed by atoms with E-state index in [0.717, 1.165) is 41.1 Å². The van der Waals surface area contributed by atoms with Crippen LogP contribution in [0.5, 0.6) is 0 Å². The summed E-state index contributed by atoms with van der Waals surface area (Å²) in [4.78, 5) is 28.8. The number of nitrogens with zero attached hydrogens (tertiary/aromatic N) is 1. The fourth-order valence-corrected chi connectivity index (χ4v) is 2.95. The van der Waals surface area contributed by atoms with Crippen LogP contribution in [0, 0.1) is 0 Å². The molecule has 27 heavy (non-hydrogen) atoms. The van der Waals surface area contributed by atoms with E-state index in [1.807, 2.05) is 62.4 Å². The molecular weight excluding hydrogens is 340 g/mol. The first-order valence-corrected chi connectivity index (χ1v) is 9.10. The standard InChI is InChI=1S/C21H24N4O2/c1-3-25(4-2)14-21(27)23-16-11-9-15(10-12-16)22-19-13-20(26)24-18-8-6-5-7-17(18)19/h5-13H,3-4,14H2,1-2H3,(H,23,27)(H2,22,24,26). The van der Waals surface area contributed by atoms with Gasteiger partial charge in [0.15, 0.2) is 0 Å². The van der Waals surface area contributed by atoms with Crippen molar-refractivity contribution in [1.82, 2.24) is 9.88 Å². The van der Waals surface area contributed by atoms with Crippen LogP contribution >= 0.6 is 0 Å². The number of benzene rings is 2. The van der Waals surface area contributed by atoms with Crippen LogP contribution in [0.25, 0.3) is 10.9 Å². The minimum Gasteiger partial charge on any atom is -0.355 e. The number of fused-ring (bicyclic) bond motifs is 1. The summed E-state index contributed by atoms with van der Waals surface area (Å²) in [6.45, 7) is 6.14. The second-order valence-electron chi connectivity index (χ2n) is 6.30. The van der Waals surface area contributed by atoms with Crippen LogP contribution in [-0.2, 0) is 4.79 Å². The molecule has 1 heterocycles. The van der Waals surface area contributed by atoms with Crippen LogP contribution in [0.1, 0.15) is 13.8 Å². The molecule has 0 unspecified atom stereocenters. The molecular formula is C21H24N4O2. The number of anilines is 3. The molecule has 140 valence electrons. The second kappa shape index (κ2) is 8.51. The summed E-state index contributed by atoms with van der Waals surface area (Å²) >= 11 is 0. The minimum atomic E-state index is -0.156. The second-order valence-corrected chi connectivity index (χ2v) is 6.30. The number of likely N-dealkylation sites (N-methyl/N-ethyl adjacent to an activating group) is 1. The summed E-state index contributed by atoms with van der Waals surface area (Å²) in [7, 11) is 0. The lowest BCUT2D eigenvalue weighted by molar-refractivity contribution is -0.117. The Hall–Kier alpha value is -3.12. The number of para-hydroxylation sites is 1. The molecule has 1 aromatic heterocycles. The van der Waals surface area contributed by atoms with E-state index in [9.17, 15) is 9.59 Å². The molecule has 6 nitrogen and oxygen atoms in total. The van der Waals surface area contributed by atoms with Crippen LogP contribution in [-0.4, -0.2) is 35.4 Å². The Morgan fingerprint density at radius 1 is 1.00 bits per heavy atom. The molecule has 1 amide bonds. The van der Waals surface area contributed by atoms with Crippen LogP contribution in [0.2, 0.25) is 0 Å². The number of H-pyrrole nitrogens is 1. The molecule has 0 atom stereocenters. The third-order valence-corrected chi connectivity index (χ3v) is 4.46. The van der Waals surface area contributed by atoms with E-state index in [1.165, 1.54) is 0 Å². The number of hydrogen-bond acceptors (Lipinski definition) is 4. The van der Waals surface area contributed by atoms with Gasteiger partial charge >= 0.3 is 0 Å². The topological polar surface area (TPSA) is 77.2 Å². The predicted octanol–water partition coefficient (Wildman–Crippen LogP) is 3.55. The van der Waals surface area contributed by atoms with Crippen molar-refractivity contribution >= 4 is 33.9 Å². The molecule has 0 radical (unpaired) electrons. The van der Waals surface area contributed by atoms with Crippen molar-refractivity contribution in [2.24, 2.45) is 0 Å². The minimum absolute atomic E-state index is 0.0278. The zero-order chi connectivity index (χ0) is 19.2. The van der Waals surface area contributed by atoms with Gasteiger partial charge in [-0.2, -0.15) is 0 Å². The molecule has 0 fully saturated rings. The van der Waals surface area contributed by atoms with Gasteiger partial charge < -0.3 is 15.6 Å². The molecule has 3 aromatic rings. The van der Waals surface area contributed by atoms with Crippen LogP contribution < -0.4 is 16.2 Å². The van der Waals surface area contributed by atoms with E-state index < -0.39 is 0 Å². The van der Waals surface area contributed by atoms with Crippen LogP contribution in [0.3, 0.4) is 0 Å². The lowest BCUT2D eigenvalue weighted by Crippen LogP contribution is -2.32. The number of aromatic amines is 1. The zero-order valence-electron chi connectivity index (χ0n) is 15.6. The average molecular weight is 364 g/mol. The van der Waals surface area contributed by atoms with E-state index in [-0.39, 0.29) is 11.5 Å². The van der Waals surface area contributed by atoms with Gasteiger partial charge in [-0.1, -0.05) is 32.0 Å². The molecule has 0 saturated carbocycles. The Morgan fingerprint density at radius 2 is 1.67 bits per heavy atom. The summed E-state index contributed by atoms with van der Waals surface area (Å²) in [5, 5.41) is 7.12. The highest BCUT2D eigenvalue weighted by Crippen LogP contribution is 2.24. The van der Waals surface area contributed by atoms with Gasteiger partial charge in [0.2, 0.25) is 11.5 Å². The fraction of sp³-hybridized carbons (Fsp3) is 0.238. The summed E-state index contributed by atoms with van der Waals surface area (Å²) in [6.07, 6.45) is 0. The molecule has 0 aliphatic carbocycles. The van der Waals surface area contributed by atoms with Crippen LogP contribution in [0.15, 0.2) is 59.4 Å². The lowest BCUT2D eigenvalue weighted by Gasteiger charge is -2.17. The average Bonchev–Trinajstić information content (AvgIpc) is 2.67. The largest absolute Gasteiger partial charge is 0.355 e. The Balaban J connectivity index is 1.72. The maximum Gasteiger partial charge on any atom is 0.250 e. The Morgan fingerprint density at radius 3 is 2.37 bits per heavy atom. The van der Waals surface area contributed by atoms with E-state index >= 15 is 0 Å². The van der Waals surface area contributed by atoms with Gasteiger partial charge in [-0.3, -0.25) is 14.5 Å². The molecule has 0 saturated heterocycles. The third kappa shape index (κ3) is 4.74. The van der Waals surface area contributed by atoms with Crippen molar-refractivity contribution in [3.8, 4) is 0 Å². The molecule has 0 bridgehead atoms. The normalized spacial score (nSPS) is 10.9. The smallest absolute Gasteiger partial charge is 0.250 e. The lowest BCUT2D eigenvalue weighted by atomic mass is 10.1. The van der Waals surface area contributed by atoms with Gasteiger partial charge in [-0.15, -0.1) is 0 Å². The van der Waals surface area contributed by atoms with Gasteiger partial charge in [0, 0.05) is 22.8 Å². The van der Waals surface area contributed by atoms with Gasteiger partial charge in [0.05, 0.1) is 17.7 Å². The number of hydrogen-bond donors (Lipinski definition) is 3. The summed E-state index contributed by atoms with van der Waals surface area (Å²) < 4.78 is 0. The van der Waals surface area contributed by atoms with Gasteiger partial charge in [0.25, 0.3) is 0 Å². The highest BCUT2D eigenvalue weighted by molar-refractivity contribution is 5.94. The number of pyridine rings is 1. The quantitative estimate of drug-likeness (QED) is 0.599. The number of nitrogens with one attached hydrogen (secondary N) is 3. The van der Waals surface area contributed by atoms with Crippen molar-refractivity contribution in [3.05, 3.63) is 65.0 Å². The molecule has 3 N–H and O–H groups in total. The van der Waals surface area contributed by atoms with Crippen molar-refractivity contribution in [2.45, 2.75) is 13.8 Å². The molecule has 0 aliphatic rings. The Kier molecular flexibility index (Phi) is 5.88. The van der Waals surface area contributed by atoms with Crippen molar-refractivity contribution in [1.29, 1.82) is 0 Å². The van der Waals surface area contributed by atoms with Crippen molar-refractivity contribution in [2.75, 3.05) is 30.3 Å². The maximum atomic E-state index is 12.1. The number of carbonyl (C=O) groups is 1. The molecule has 0 spiro atoms. The predicted molar refractivity (Wildman–Crippen MR) is 111 cm³/mol. The molecule has 2 aromatic carbocycles. The summed E-state index contributed by atoms with van der Waals surface area (Å²) in [5.41, 5.74) is 2.96. The van der Waals surface area contributed by atoms with Crippen molar-refractivity contribution in [3.63, 3.8) is 0 Å². The SMILES string of the molecule is CCN(CC)CC(=O)Nc1ccc(Nc2cc(=O)[nH]c3ccccc23)cc1. The summed E-state index contributed by atoms with van der Waals surface area (Å²) in [5.74, 6) is -0.0278. The monoisotopic (exact) mass is 364 g/mol. The van der Waals surface area contributed by atoms with E-state index in [4.69, 9.17) is 0 Å². The molecule has 0 aliphatic heterocycles. The maximum absolute atomic E-state index is 12.1. The first-order chi connectivity index (χ1) is 13.1. The van der Waals surface area contributed by atoms with Crippen molar-refractivity contribution < 1.29 is 4.79 Å². The van der Waals surface area contributed by atoms with Gasteiger partial charge in [-0.05, 0) is 43.4 Å². The molecule has 6 heteroatoms. The fourth-order valence-electron chi connectivity index (χ4n) is 2.95. The van der Waals surface area contributed by atoms with E-state index in [2.05, 4.69) is 20.5 Å². The van der Waals surface area contributed by atoms with Gasteiger partial charge in [0.1, 0.15) is 0 Å². The highest BCUT2D eigenvalue weighted by atomic mass is 16.2. The Labute approximate surface area is 158 Å². The molecule has 3 rings (SSSR count). The van der Waals surface area contributed by atoms with Crippen LogP contribution in [0.4, 0.5) is 17.1 Å². The third-order valence-electron chi connectivity index (χ3n) is 4.46. The first kappa shape index (κ1) is 18.7.